The topological polar surface area (TPSA) is 132 Å². The van der Waals surface area contributed by atoms with Crippen LogP contribution in [0.2, 0.25) is 0 Å². The van der Waals surface area contributed by atoms with Gasteiger partial charge >= 0.3 is 0 Å². The first-order valence-corrected chi connectivity index (χ1v) is 10.2. The van der Waals surface area contributed by atoms with Crippen molar-refractivity contribution in [2.75, 3.05) is 5.32 Å². The molecule has 1 atom stereocenters. The lowest BCUT2D eigenvalue weighted by atomic mass is 10.1. The molecule has 2 amide bonds. The number of anilines is 1. The van der Waals surface area contributed by atoms with E-state index in [2.05, 4.69) is 10.6 Å². The van der Waals surface area contributed by atoms with E-state index in [0.717, 1.165) is 0 Å². The lowest BCUT2D eigenvalue weighted by molar-refractivity contribution is 0.0938. The van der Waals surface area contributed by atoms with Crippen LogP contribution in [0.5, 0.6) is 0 Å². The van der Waals surface area contributed by atoms with Crippen molar-refractivity contribution in [1.29, 1.82) is 0 Å². The lowest BCUT2D eigenvalue weighted by Gasteiger charge is -2.15. The molecule has 1 unspecified atom stereocenters. The highest BCUT2D eigenvalue weighted by atomic mass is 32.2. The molecule has 29 heavy (non-hydrogen) atoms. The van der Waals surface area contributed by atoms with Gasteiger partial charge in [0.05, 0.1) is 17.2 Å². The maximum absolute atomic E-state index is 12.6. The Hall–Kier alpha value is -3.43. The number of sulfonamides is 1. The Morgan fingerprint density at radius 2 is 1.72 bits per heavy atom. The minimum Gasteiger partial charge on any atom is -0.459 e. The quantitative estimate of drug-likeness (QED) is 0.572. The van der Waals surface area contributed by atoms with Crippen molar-refractivity contribution in [2.45, 2.75) is 17.9 Å². The summed E-state index contributed by atoms with van der Waals surface area (Å²) in [4.78, 5) is 24.6. The fraction of sp³-hybridized carbons (Fsp3) is 0.100. The van der Waals surface area contributed by atoms with E-state index in [0.29, 0.717) is 16.8 Å². The number of carbonyl (C=O) groups excluding carboxylic acids is 2. The molecular weight excluding hydrogens is 394 g/mol. The zero-order valence-electron chi connectivity index (χ0n) is 15.5. The summed E-state index contributed by atoms with van der Waals surface area (Å²) < 4.78 is 27.7. The largest absolute Gasteiger partial charge is 0.459 e. The van der Waals surface area contributed by atoms with E-state index in [1.807, 2.05) is 0 Å². The van der Waals surface area contributed by atoms with Gasteiger partial charge in [-0.2, -0.15) is 0 Å². The zero-order chi connectivity index (χ0) is 21.0. The van der Waals surface area contributed by atoms with Crippen LogP contribution in [0, 0.1) is 0 Å². The zero-order valence-corrected chi connectivity index (χ0v) is 16.3. The Morgan fingerprint density at radius 1 is 1.00 bits per heavy atom. The van der Waals surface area contributed by atoms with Crippen LogP contribution in [0.3, 0.4) is 0 Å². The molecule has 0 saturated heterocycles. The number of primary sulfonamides is 1. The van der Waals surface area contributed by atoms with Crippen LogP contribution in [-0.2, 0) is 10.0 Å². The predicted octanol–water partition coefficient (Wildman–Crippen LogP) is 2.67. The third-order valence-electron chi connectivity index (χ3n) is 4.18. The molecule has 0 radical (unpaired) electrons. The predicted molar refractivity (Wildman–Crippen MR) is 107 cm³/mol. The highest BCUT2D eigenvalue weighted by Crippen LogP contribution is 2.17. The minimum absolute atomic E-state index is 0.000207. The van der Waals surface area contributed by atoms with Crippen molar-refractivity contribution >= 4 is 27.5 Å². The summed E-state index contributed by atoms with van der Waals surface area (Å²) in [6.45, 7) is 1.77. The van der Waals surface area contributed by atoms with Gasteiger partial charge in [0.15, 0.2) is 5.76 Å². The highest BCUT2D eigenvalue weighted by Gasteiger charge is 2.15. The van der Waals surface area contributed by atoms with Gasteiger partial charge in [-0.15, -0.1) is 0 Å². The van der Waals surface area contributed by atoms with Crippen molar-refractivity contribution < 1.29 is 22.4 Å². The molecule has 1 heterocycles. The van der Waals surface area contributed by atoms with Gasteiger partial charge in [0.1, 0.15) is 0 Å². The number of carbonyl (C=O) groups is 2. The molecule has 2 aromatic carbocycles. The maximum Gasteiger partial charge on any atom is 0.291 e. The van der Waals surface area contributed by atoms with Crippen molar-refractivity contribution in [3.8, 4) is 0 Å². The van der Waals surface area contributed by atoms with Gasteiger partial charge in [-0.05, 0) is 55.0 Å². The van der Waals surface area contributed by atoms with E-state index in [-0.39, 0.29) is 22.6 Å². The molecule has 4 N–H and O–H groups in total. The Labute approximate surface area is 167 Å². The Bertz CT molecular complexity index is 1120. The third-order valence-corrected chi connectivity index (χ3v) is 5.11. The number of furan rings is 1. The molecule has 9 heteroatoms. The third kappa shape index (κ3) is 5.09. The number of nitrogens with one attached hydrogen (secondary N) is 2. The fourth-order valence-corrected chi connectivity index (χ4v) is 3.16. The van der Waals surface area contributed by atoms with Crippen molar-refractivity contribution in [3.05, 3.63) is 83.8 Å². The van der Waals surface area contributed by atoms with E-state index >= 15 is 0 Å². The van der Waals surface area contributed by atoms with Crippen LogP contribution in [-0.4, -0.2) is 20.2 Å². The summed E-state index contributed by atoms with van der Waals surface area (Å²) in [6, 6.07) is 15.2. The summed E-state index contributed by atoms with van der Waals surface area (Å²) in [5, 5.41) is 10.6. The first kappa shape index (κ1) is 20.3. The van der Waals surface area contributed by atoms with Gasteiger partial charge in [0, 0.05) is 11.3 Å². The fourth-order valence-electron chi connectivity index (χ4n) is 2.65. The Balaban J connectivity index is 1.68. The van der Waals surface area contributed by atoms with Gasteiger partial charge in [-0.25, -0.2) is 13.6 Å². The molecular formula is C20H19N3O5S. The van der Waals surface area contributed by atoms with Gasteiger partial charge < -0.3 is 15.1 Å². The van der Waals surface area contributed by atoms with E-state index in [1.54, 1.807) is 49.4 Å². The molecule has 150 valence electrons. The van der Waals surface area contributed by atoms with Crippen LogP contribution in [0.25, 0.3) is 0 Å². The second kappa shape index (κ2) is 8.29. The summed E-state index contributed by atoms with van der Waals surface area (Å²) in [6.07, 6.45) is 1.40. The summed E-state index contributed by atoms with van der Waals surface area (Å²) in [5.41, 5.74) is 1.52. The van der Waals surface area contributed by atoms with Crippen molar-refractivity contribution in [3.63, 3.8) is 0 Å². The van der Waals surface area contributed by atoms with Gasteiger partial charge in [0.2, 0.25) is 10.0 Å². The molecule has 3 rings (SSSR count). The van der Waals surface area contributed by atoms with E-state index < -0.39 is 15.9 Å². The summed E-state index contributed by atoms with van der Waals surface area (Å²) in [7, 11) is -3.77. The number of hydrogen-bond acceptors (Lipinski definition) is 5. The molecule has 0 aliphatic rings. The SMILES string of the molecule is CC(NC(=O)c1cccc(NC(=O)c2ccco2)c1)c1ccc(S(N)(=O)=O)cc1. The van der Waals surface area contributed by atoms with Gasteiger partial charge in [0.25, 0.3) is 11.8 Å². The number of nitrogens with two attached hydrogens (primary N) is 1. The maximum atomic E-state index is 12.6. The first-order chi connectivity index (χ1) is 13.7. The van der Waals surface area contributed by atoms with Crippen LogP contribution >= 0.6 is 0 Å². The lowest BCUT2D eigenvalue weighted by Crippen LogP contribution is -2.26. The number of benzene rings is 2. The monoisotopic (exact) mass is 413 g/mol. The average Bonchev–Trinajstić information content (AvgIpc) is 3.22. The number of hydrogen-bond donors (Lipinski definition) is 3. The van der Waals surface area contributed by atoms with E-state index in [9.17, 15) is 18.0 Å². The Morgan fingerprint density at radius 3 is 2.34 bits per heavy atom. The number of rotatable bonds is 6. The first-order valence-electron chi connectivity index (χ1n) is 8.62. The molecule has 0 aliphatic heterocycles. The summed E-state index contributed by atoms with van der Waals surface area (Å²) in [5.74, 6) is -0.602. The van der Waals surface area contributed by atoms with Crippen LogP contribution in [0.1, 0.15) is 39.4 Å². The molecule has 0 fully saturated rings. The highest BCUT2D eigenvalue weighted by molar-refractivity contribution is 7.89. The molecule has 1 aromatic heterocycles. The normalized spacial score (nSPS) is 12.2. The van der Waals surface area contributed by atoms with Crippen LogP contribution in [0.15, 0.2) is 76.2 Å². The molecule has 0 saturated carbocycles. The van der Waals surface area contributed by atoms with Crippen molar-refractivity contribution in [1.82, 2.24) is 5.32 Å². The molecule has 3 aromatic rings. The van der Waals surface area contributed by atoms with Crippen molar-refractivity contribution in [2.24, 2.45) is 5.14 Å². The average molecular weight is 413 g/mol. The number of amides is 2. The standard InChI is InChI=1S/C20H19N3O5S/c1-13(14-7-9-17(10-8-14)29(21,26)27)22-19(24)15-4-2-5-16(12-15)23-20(25)18-6-3-11-28-18/h2-13H,1H3,(H,22,24)(H,23,25)(H2,21,26,27). The molecule has 0 aliphatic carbocycles. The van der Waals surface area contributed by atoms with E-state index in [4.69, 9.17) is 9.56 Å². The van der Waals surface area contributed by atoms with Crippen LogP contribution in [0.4, 0.5) is 5.69 Å². The Kier molecular flexibility index (Phi) is 5.81. The van der Waals surface area contributed by atoms with E-state index in [1.165, 1.54) is 24.5 Å². The summed E-state index contributed by atoms with van der Waals surface area (Å²) >= 11 is 0. The molecule has 0 bridgehead atoms. The second-order valence-electron chi connectivity index (χ2n) is 6.32. The molecule has 0 spiro atoms. The minimum atomic E-state index is -3.77. The smallest absolute Gasteiger partial charge is 0.291 e. The van der Waals surface area contributed by atoms with Gasteiger partial charge in [-0.1, -0.05) is 18.2 Å². The molecule has 8 nitrogen and oxygen atoms in total. The van der Waals surface area contributed by atoms with Gasteiger partial charge in [-0.3, -0.25) is 9.59 Å². The second-order valence-corrected chi connectivity index (χ2v) is 7.88. The van der Waals surface area contributed by atoms with Crippen LogP contribution < -0.4 is 15.8 Å².